The van der Waals surface area contributed by atoms with Crippen LogP contribution in [-0.4, -0.2) is 64.0 Å². The predicted molar refractivity (Wildman–Crippen MR) is 143 cm³/mol. The highest BCUT2D eigenvalue weighted by molar-refractivity contribution is 7.79. The predicted octanol–water partition coefficient (Wildman–Crippen LogP) is 2.98. The van der Waals surface area contributed by atoms with Crippen molar-refractivity contribution in [3.05, 3.63) is 52.5 Å². The Balaban J connectivity index is 0.000000714. The van der Waals surface area contributed by atoms with Crippen LogP contribution in [0.3, 0.4) is 0 Å². The summed E-state index contributed by atoms with van der Waals surface area (Å²) in [5.41, 5.74) is 2.92. The van der Waals surface area contributed by atoms with Crippen molar-refractivity contribution in [1.82, 2.24) is 9.88 Å². The van der Waals surface area contributed by atoms with E-state index in [2.05, 4.69) is 10.3 Å². The van der Waals surface area contributed by atoms with Crippen molar-refractivity contribution in [2.24, 2.45) is 11.8 Å². The smallest absolute Gasteiger partial charge is 0.394 e. The van der Waals surface area contributed by atoms with Crippen molar-refractivity contribution in [2.75, 3.05) is 19.0 Å². The molecule has 222 valence electrons. The minimum atomic E-state index is -4.67. The van der Waals surface area contributed by atoms with E-state index in [1.807, 2.05) is 19.9 Å². The maximum Gasteiger partial charge on any atom is 0.394 e. The number of carbonyl (C=O) groups excluding carboxylic acids is 2. The number of pyridine rings is 1. The topological polar surface area (TPSA) is 183 Å². The standard InChI is InChI=1S/C27H30FN3O5.H2O4S/c1-27(2)8-6-14-12-17(13-19(28)22(14)27)29-24(32)23-18-4-5-21(36-3)30-20(18)7-9-31(23)25(33)15-10-16(11-15)26(34)35;1-5(2,3)4/h4-5,12-13,15-16,23H,6-11H2,1-3H3,(H,29,32)(H,34,35);(H2,1,2,3,4)/t15?,16?,23-;/m1./s1. The van der Waals surface area contributed by atoms with Gasteiger partial charge in [-0.1, -0.05) is 13.8 Å². The average Bonchev–Trinajstić information content (AvgIpc) is 3.15. The van der Waals surface area contributed by atoms with Gasteiger partial charge in [0.25, 0.3) is 5.91 Å². The number of halogens is 1. The van der Waals surface area contributed by atoms with Crippen molar-refractivity contribution in [3.8, 4) is 5.88 Å². The number of benzene rings is 1. The van der Waals surface area contributed by atoms with Gasteiger partial charge in [0.05, 0.1) is 18.7 Å². The number of amides is 2. The Bertz CT molecular complexity index is 1480. The number of hydrogen-bond acceptors (Lipinski definition) is 7. The quantitative estimate of drug-likeness (QED) is 0.376. The maximum atomic E-state index is 15.0. The third-order valence-corrected chi connectivity index (χ3v) is 7.89. The minimum Gasteiger partial charge on any atom is -0.481 e. The third-order valence-electron chi connectivity index (χ3n) is 7.89. The van der Waals surface area contributed by atoms with Gasteiger partial charge >= 0.3 is 16.4 Å². The maximum absolute atomic E-state index is 15.0. The summed E-state index contributed by atoms with van der Waals surface area (Å²) in [5, 5.41) is 12.0. The molecule has 0 spiro atoms. The van der Waals surface area contributed by atoms with E-state index in [0.29, 0.717) is 34.8 Å². The molecule has 14 heteroatoms. The van der Waals surface area contributed by atoms with Crippen LogP contribution in [0.5, 0.6) is 5.88 Å². The average molecular weight is 594 g/mol. The number of carboxylic acid groups (broad SMARTS) is 1. The number of ether oxygens (including phenoxy) is 1. The number of methoxy groups -OCH3 is 1. The first-order valence-corrected chi connectivity index (χ1v) is 14.4. The molecule has 1 saturated carbocycles. The number of anilines is 1. The van der Waals surface area contributed by atoms with Gasteiger partial charge in [-0.2, -0.15) is 8.42 Å². The van der Waals surface area contributed by atoms with Crippen molar-refractivity contribution < 1.29 is 46.1 Å². The molecule has 0 bridgehead atoms. The summed E-state index contributed by atoms with van der Waals surface area (Å²) in [6.07, 6.45) is 2.54. The van der Waals surface area contributed by atoms with Gasteiger partial charge in [-0.05, 0) is 60.4 Å². The number of hydrogen-bond donors (Lipinski definition) is 4. The molecule has 1 fully saturated rings. The van der Waals surface area contributed by atoms with E-state index in [0.717, 1.165) is 18.4 Å². The SMILES string of the molecule is COc1ccc2c(n1)CCN(C(=O)C1CC(C(=O)O)C1)[C@H]2C(=O)Nc1cc(F)c2c(c1)CCC2(C)C.O=S(=O)(O)O. The zero-order valence-electron chi connectivity index (χ0n) is 22.8. The number of aryl methyl sites for hydroxylation is 1. The molecule has 2 amide bonds. The first kappa shape index (κ1) is 30.3. The number of aliphatic carboxylic acids is 1. The highest BCUT2D eigenvalue weighted by Gasteiger charge is 2.45. The van der Waals surface area contributed by atoms with Gasteiger partial charge in [0.1, 0.15) is 11.9 Å². The van der Waals surface area contributed by atoms with Crippen molar-refractivity contribution >= 4 is 33.9 Å². The number of carbonyl (C=O) groups is 3. The summed E-state index contributed by atoms with van der Waals surface area (Å²) in [6, 6.07) is 5.58. The lowest BCUT2D eigenvalue weighted by Crippen LogP contribution is -2.50. The van der Waals surface area contributed by atoms with Crippen LogP contribution in [0, 0.1) is 17.7 Å². The Morgan fingerprint density at radius 1 is 1.12 bits per heavy atom. The first-order valence-electron chi connectivity index (χ1n) is 13.0. The highest BCUT2D eigenvalue weighted by atomic mass is 32.3. The second-order valence-corrected chi connectivity index (χ2v) is 12.0. The van der Waals surface area contributed by atoms with Crippen LogP contribution in [0.25, 0.3) is 0 Å². The molecule has 0 radical (unpaired) electrons. The highest BCUT2D eigenvalue weighted by Crippen LogP contribution is 2.42. The molecule has 5 rings (SSSR count). The van der Waals surface area contributed by atoms with Crippen LogP contribution in [0.4, 0.5) is 10.1 Å². The van der Waals surface area contributed by atoms with E-state index in [4.69, 9.17) is 22.3 Å². The van der Waals surface area contributed by atoms with Crippen LogP contribution in [0.1, 0.15) is 61.5 Å². The molecular weight excluding hydrogens is 561 g/mol. The van der Waals surface area contributed by atoms with E-state index in [9.17, 15) is 19.5 Å². The number of nitrogens with one attached hydrogen (secondary N) is 1. The lowest BCUT2D eigenvalue weighted by Gasteiger charge is -2.41. The van der Waals surface area contributed by atoms with Gasteiger partial charge in [0.15, 0.2) is 0 Å². The molecule has 1 aromatic carbocycles. The Morgan fingerprint density at radius 3 is 2.39 bits per heavy atom. The molecular formula is C27H32FN3O9S. The molecule has 0 saturated heterocycles. The van der Waals surface area contributed by atoms with Gasteiger partial charge in [-0.25, -0.2) is 9.37 Å². The lowest BCUT2D eigenvalue weighted by atomic mass is 9.73. The summed E-state index contributed by atoms with van der Waals surface area (Å²) in [6.45, 7) is 4.30. The van der Waals surface area contributed by atoms with Crippen LogP contribution < -0.4 is 10.1 Å². The van der Waals surface area contributed by atoms with Crippen molar-refractivity contribution in [1.29, 1.82) is 0 Å². The number of nitrogens with zero attached hydrogens (tertiary/aromatic N) is 2. The van der Waals surface area contributed by atoms with Crippen LogP contribution in [0.2, 0.25) is 0 Å². The summed E-state index contributed by atoms with van der Waals surface area (Å²) in [5.74, 6) is -2.50. The Morgan fingerprint density at radius 2 is 1.78 bits per heavy atom. The molecule has 3 aliphatic rings. The van der Waals surface area contributed by atoms with Crippen LogP contribution >= 0.6 is 0 Å². The minimum absolute atomic E-state index is 0.240. The zero-order chi connectivity index (χ0) is 30.3. The zero-order valence-corrected chi connectivity index (χ0v) is 23.6. The largest absolute Gasteiger partial charge is 0.481 e. The first-order chi connectivity index (χ1) is 19.1. The molecule has 1 aliphatic heterocycles. The Kier molecular flexibility index (Phi) is 8.39. The van der Waals surface area contributed by atoms with Gasteiger partial charge in [0.2, 0.25) is 11.8 Å². The van der Waals surface area contributed by atoms with E-state index >= 15 is 4.39 Å². The Hall–Kier alpha value is -3.62. The van der Waals surface area contributed by atoms with Crippen molar-refractivity contribution in [2.45, 2.75) is 57.4 Å². The Labute approximate surface area is 236 Å². The molecule has 1 atom stereocenters. The monoisotopic (exact) mass is 593 g/mol. The molecule has 41 heavy (non-hydrogen) atoms. The molecule has 2 aromatic rings. The normalized spacial score (nSPS) is 22.3. The molecule has 4 N–H and O–H groups in total. The van der Waals surface area contributed by atoms with E-state index < -0.39 is 40.2 Å². The summed E-state index contributed by atoms with van der Waals surface area (Å²) in [7, 11) is -3.16. The molecule has 0 unspecified atom stereocenters. The fourth-order valence-corrected chi connectivity index (χ4v) is 5.83. The number of aromatic nitrogens is 1. The van der Waals surface area contributed by atoms with Crippen LogP contribution in [-0.2, 0) is 43.0 Å². The fourth-order valence-electron chi connectivity index (χ4n) is 5.83. The fraction of sp³-hybridized carbons (Fsp3) is 0.481. The number of fused-ring (bicyclic) bond motifs is 2. The molecule has 2 heterocycles. The third kappa shape index (κ3) is 6.66. The van der Waals surface area contributed by atoms with Gasteiger partial charge < -0.3 is 20.1 Å². The van der Waals surface area contributed by atoms with E-state index in [-0.39, 0.29) is 36.5 Å². The van der Waals surface area contributed by atoms with Gasteiger partial charge in [-0.3, -0.25) is 23.5 Å². The second kappa shape index (κ2) is 11.3. The summed E-state index contributed by atoms with van der Waals surface area (Å²) >= 11 is 0. The van der Waals surface area contributed by atoms with Crippen molar-refractivity contribution in [3.63, 3.8) is 0 Å². The van der Waals surface area contributed by atoms with Gasteiger partial charge in [-0.15, -0.1) is 0 Å². The summed E-state index contributed by atoms with van der Waals surface area (Å²) < 4.78 is 51.9. The second-order valence-electron chi connectivity index (χ2n) is 11.1. The molecule has 1 aromatic heterocycles. The molecule has 12 nitrogen and oxygen atoms in total. The number of carboxylic acids is 1. The van der Waals surface area contributed by atoms with E-state index in [1.165, 1.54) is 18.1 Å². The number of rotatable bonds is 5. The van der Waals surface area contributed by atoms with Gasteiger partial charge in [0, 0.05) is 36.2 Å². The van der Waals surface area contributed by atoms with Crippen LogP contribution in [0.15, 0.2) is 24.3 Å². The summed E-state index contributed by atoms with van der Waals surface area (Å²) in [4.78, 5) is 44.3. The molecule has 2 aliphatic carbocycles. The lowest BCUT2D eigenvalue weighted by molar-refractivity contribution is -0.154. The van der Waals surface area contributed by atoms with E-state index in [1.54, 1.807) is 12.1 Å².